The molecule has 30 heavy (non-hydrogen) atoms. The fraction of sp³-hybridized carbons (Fsp3) is 0.652. The summed E-state index contributed by atoms with van der Waals surface area (Å²) in [5.74, 6) is 4.50. The Morgan fingerprint density at radius 1 is 1.10 bits per heavy atom. The predicted octanol–water partition coefficient (Wildman–Crippen LogP) is 5.04. The number of aromatic nitrogens is 5. The summed E-state index contributed by atoms with van der Waals surface area (Å²) in [5.41, 5.74) is 1.54. The number of rotatable bonds is 5. The molecule has 0 aromatic carbocycles. The van der Waals surface area contributed by atoms with Crippen LogP contribution in [0.3, 0.4) is 0 Å². The van der Waals surface area contributed by atoms with Gasteiger partial charge < -0.3 is 9.47 Å². The van der Waals surface area contributed by atoms with Crippen molar-refractivity contribution in [3.05, 3.63) is 28.4 Å². The van der Waals surface area contributed by atoms with Gasteiger partial charge in [0.05, 0.1) is 11.4 Å². The second-order valence-corrected chi connectivity index (χ2v) is 10.7. The summed E-state index contributed by atoms with van der Waals surface area (Å²) in [7, 11) is 0. The van der Waals surface area contributed by atoms with E-state index < -0.39 is 0 Å². The number of nitrogens with zero attached hydrogens (tertiary/aromatic N) is 6. The average molecular weight is 423 g/mol. The molecule has 0 spiro atoms. The number of hydrogen-bond donors (Lipinski definition) is 0. The molecule has 0 radical (unpaired) electrons. The van der Waals surface area contributed by atoms with E-state index in [1.165, 1.54) is 66.5 Å². The first kappa shape index (κ1) is 18.7. The molecule has 1 atom stereocenters. The zero-order valence-electron chi connectivity index (χ0n) is 18.0. The molecule has 1 saturated heterocycles. The van der Waals surface area contributed by atoms with Crippen molar-refractivity contribution < 1.29 is 0 Å². The van der Waals surface area contributed by atoms with Gasteiger partial charge in [-0.25, -0.2) is 9.97 Å². The van der Waals surface area contributed by atoms with Crippen LogP contribution in [0.1, 0.15) is 86.4 Å². The van der Waals surface area contributed by atoms with Crippen molar-refractivity contribution in [2.75, 3.05) is 11.4 Å². The molecule has 0 N–H and O–H groups in total. The Labute approximate surface area is 181 Å². The predicted molar refractivity (Wildman–Crippen MR) is 120 cm³/mol. The van der Waals surface area contributed by atoms with Gasteiger partial charge >= 0.3 is 0 Å². The fourth-order valence-electron chi connectivity index (χ4n) is 5.23. The summed E-state index contributed by atoms with van der Waals surface area (Å²) in [6.07, 6.45) is 11.7. The van der Waals surface area contributed by atoms with E-state index in [0.717, 1.165) is 31.2 Å². The van der Waals surface area contributed by atoms with E-state index in [4.69, 9.17) is 9.97 Å². The quantitative estimate of drug-likeness (QED) is 0.577. The summed E-state index contributed by atoms with van der Waals surface area (Å²) >= 11 is 1.93. The number of aryl methyl sites for hydroxylation is 2. The van der Waals surface area contributed by atoms with Gasteiger partial charge in [0.15, 0.2) is 5.82 Å². The maximum atomic E-state index is 5.24. The fourth-order valence-corrected chi connectivity index (χ4v) is 6.49. The van der Waals surface area contributed by atoms with Crippen LogP contribution in [0.5, 0.6) is 0 Å². The Balaban J connectivity index is 1.48. The lowest BCUT2D eigenvalue weighted by Gasteiger charge is -2.27. The van der Waals surface area contributed by atoms with Crippen LogP contribution in [0.25, 0.3) is 10.2 Å². The summed E-state index contributed by atoms with van der Waals surface area (Å²) in [5, 5.41) is 10.2. The van der Waals surface area contributed by atoms with E-state index in [9.17, 15) is 0 Å². The molecule has 2 fully saturated rings. The zero-order valence-corrected chi connectivity index (χ0v) is 18.8. The van der Waals surface area contributed by atoms with E-state index in [1.54, 1.807) is 4.88 Å². The number of anilines is 1. The van der Waals surface area contributed by atoms with Gasteiger partial charge in [-0.1, -0.05) is 13.8 Å². The van der Waals surface area contributed by atoms with Crippen molar-refractivity contribution in [3.63, 3.8) is 0 Å². The number of fused-ring (bicyclic) bond motifs is 3. The third-order valence-corrected chi connectivity index (χ3v) is 7.97. The summed E-state index contributed by atoms with van der Waals surface area (Å²) in [6, 6.07) is 0.260. The van der Waals surface area contributed by atoms with Crippen LogP contribution in [0, 0.1) is 5.92 Å². The monoisotopic (exact) mass is 422 g/mol. The van der Waals surface area contributed by atoms with Crippen LogP contribution in [0.4, 0.5) is 5.82 Å². The largest absolute Gasteiger partial charge is 0.346 e. The molecule has 3 aromatic rings. The molecule has 4 heterocycles. The van der Waals surface area contributed by atoms with E-state index in [0.29, 0.717) is 11.8 Å². The molecule has 7 heteroatoms. The first-order valence-electron chi connectivity index (χ1n) is 11.7. The second-order valence-electron chi connectivity index (χ2n) is 9.66. The molecule has 1 saturated carbocycles. The Morgan fingerprint density at radius 3 is 2.80 bits per heavy atom. The molecule has 6 nitrogen and oxygen atoms in total. The van der Waals surface area contributed by atoms with Gasteiger partial charge in [0.2, 0.25) is 0 Å². The third-order valence-electron chi connectivity index (χ3n) is 6.79. The zero-order chi connectivity index (χ0) is 20.2. The lowest BCUT2D eigenvalue weighted by molar-refractivity contribution is 0.487. The molecule has 0 amide bonds. The van der Waals surface area contributed by atoms with Crippen molar-refractivity contribution in [3.8, 4) is 0 Å². The van der Waals surface area contributed by atoms with Gasteiger partial charge in [-0.3, -0.25) is 0 Å². The molecule has 2 aliphatic carbocycles. The van der Waals surface area contributed by atoms with Gasteiger partial charge in [0, 0.05) is 23.9 Å². The number of hydrogen-bond acceptors (Lipinski definition) is 6. The lowest BCUT2D eigenvalue weighted by atomic mass is 9.96. The minimum Gasteiger partial charge on any atom is -0.346 e. The van der Waals surface area contributed by atoms with Crippen molar-refractivity contribution in [2.24, 2.45) is 5.92 Å². The van der Waals surface area contributed by atoms with Gasteiger partial charge in [0.1, 0.15) is 22.8 Å². The van der Waals surface area contributed by atoms with Crippen LogP contribution in [-0.4, -0.2) is 31.3 Å². The highest BCUT2D eigenvalue weighted by atomic mass is 32.1. The van der Waals surface area contributed by atoms with Crippen molar-refractivity contribution >= 4 is 27.4 Å². The highest BCUT2D eigenvalue weighted by Crippen LogP contribution is 2.46. The average Bonchev–Trinajstić information content (AvgIpc) is 3.14. The van der Waals surface area contributed by atoms with E-state index in [-0.39, 0.29) is 6.04 Å². The van der Waals surface area contributed by atoms with E-state index >= 15 is 0 Å². The highest BCUT2D eigenvalue weighted by molar-refractivity contribution is 7.19. The first-order chi connectivity index (χ1) is 14.7. The maximum absolute atomic E-state index is 5.24. The van der Waals surface area contributed by atoms with Crippen molar-refractivity contribution in [1.29, 1.82) is 0 Å². The van der Waals surface area contributed by atoms with Gasteiger partial charge in [-0.15, -0.1) is 21.5 Å². The molecule has 6 rings (SSSR count). The minimum absolute atomic E-state index is 0.260. The van der Waals surface area contributed by atoms with Crippen molar-refractivity contribution in [2.45, 2.75) is 83.7 Å². The molecule has 0 bridgehead atoms. The van der Waals surface area contributed by atoms with Crippen molar-refractivity contribution in [1.82, 2.24) is 24.7 Å². The van der Waals surface area contributed by atoms with Crippen LogP contribution >= 0.6 is 11.3 Å². The number of thiophene rings is 1. The normalized spacial score (nSPS) is 21.7. The molecular weight excluding hydrogens is 392 g/mol. The molecular formula is C23H30N6S. The van der Waals surface area contributed by atoms with Crippen LogP contribution in [-0.2, 0) is 19.4 Å². The summed E-state index contributed by atoms with van der Waals surface area (Å²) < 4.78 is 2.26. The summed E-state index contributed by atoms with van der Waals surface area (Å²) in [4.78, 5) is 15.6. The molecule has 158 valence electrons. The molecule has 1 aliphatic heterocycles. The molecule has 3 aliphatic rings. The molecule has 3 aromatic heterocycles. The van der Waals surface area contributed by atoms with E-state index in [1.807, 2.05) is 17.7 Å². The summed E-state index contributed by atoms with van der Waals surface area (Å²) in [6.45, 7) is 6.51. The Kier molecular flexibility index (Phi) is 4.55. The maximum Gasteiger partial charge on any atom is 0.155 e. The van der Waals surface area contributed by atoms with Gasteiger partial charge in [-0.05, 0) is 62.8 Å². The van der Waals surface area contributed by atoms with Gasteiger partial charge in [-0.2, -0.15) is 0 Å². The van der Waals surface area contributed by atoms with E-state index in [2.05, 4.69) is 33.5 Å². The third kappa shape index (κ3) is 3.13. The lowest BCUT2D eigenvalue weighted by Crippen LogP contribution is -2.27. The Morgan fingerprint density at radius 2 is 1.97 bits per heavy atom. The van der Waals surface area contributed by atoms with Crippen LogP contribution < -0.4 is 4.90 Å². The standard InChI is InChI=1S/C23H30N6S/c1-14(2)12-28-13-24-27-21(28)17-7-5-11-29(17)22-19-16-6-3-4-8-18(16)30-23(19)26-20(25-22)15-9-10-15/h13-15,17H,3-12H2,1-2H3. The first-order valence-corrected chi connectivity index (χ1v) is 12.5. The Hall–Kier alpha value is -2.02. The SMILES string of the molecule is CC(C)Cn1cnnc1C1CCCN1c1nc(C2CC2)nc2sc3c(c12)CCCC3. The Bertz CT molecular complexity index is 1080. The highest BCUT2D eigenvalue weighted by Gasteiger charge is 2.36. The van der Waals surface area contributed by atoms with Crippen LogP contribution in [0.2, 0.25) is 0 Å². The van der Waals surface area contributed by atoms with Crippen LogP contribution in [0.15, 0.2) is 6.33 Å². The van der Waals surface area contributed by atoms with Gasteiger partial charge in [0.25, 0.3) is 0 Å². The second kappa shape index (κ2) is 7.29. The minimum atomic E-state index is 0.260. The topological polar surface area (TPSA) is 59.7 Å². The smallest absolute Gasteiger partial charge is 0.155 e. The molecule has 1 unspecified atom stereocenters.